The van der Waals surface area contributed by atoms with Crippen molar-refractivity contribution in [2.24, 2.45) is 7.05 Å². The second-order valence-corrected chi connectivity index (χ2v) is 6.43. The van der Waals surface area contributed by atoms with Crippen LogP contribution in [0.4, 0.5) is 5.69 Å². The Labute approximate surface area is 167 Å². The number of methoxy groups -OCH3 is 1. The highest BCUT2D eigenvalue weighted by Crippen LogP contribution is 2.25. The molecule has 1 aromatic carbocycles. The molecule has 29 heavy (non-hydrogen) atoms. The van der Waals surface area contributed by atoms with E-state index in [4.69, 9.17) is 9.26 Å². The molecule has 3 aromatic heterocycles. The molecule has 4 rings (SSSR count). The van der Waals surface area contributed by atoms with Crippen LogP contribution in [0.2, 0.25) is 0 Å². The zero-order valence-corrected chi connectivity index (χ0v) is 16.0. The summed E-state index contributed by atoms with van der Waals surface area (Å²) in [6, 6.07) is 12.7. The van der Waals surface area contributed by atoms with Gasteiger partial charge < -0.3 is 14.2 Å². The molecule has 0 saturated heterocycles. The summed E-state index contributed by atoms with van der Waals surface area (Å²) in [5, 5.41) is 8.10. The Kier molecular flexibility index (Phi) is 5.07. The third-order valence-electron chi connectivity index (χ3n) is 4.41. The molecule has 0 fully saturated rings. The van der Waals surface area contributed by atoms with Crippen molar-refractivity contribution in [1.29, 1.82) is 0 Å². The van der Waals surface area contributed by atoms with Crippen molar-refractivity contribution in [3.8, 4) is 17.1 Å². The van der Waals surface area contributed by atoms with Gasteiger partial charge in [-0.2, -0.15) is 5.10 Å². The third kappa shape index (κ3) is 4.01. The number of carbonyl (C=O) groups excluding carboxylic acids is 1. The van der Waals surface area contributed by atoms with Crippen LogP contribution >= 0.6 is 0 Å². The molecule has 0 aliphatic heterocycles. The summed E-state index contributed by atoms with van der Waals surface area (Å²) in [6.07, 6.45) is 6.88. The second kappa shape index (κ2) is 7.97. The van der Waals surface area contributed by atoms with Gasteiger partial charge in [-0.05, 0) is 35.9 Å². The van der Waals surface area contributed by atoms with Crippen molar-refractivity contribution in [2.75, 3.05) is 12.0 Å². The van der Waals surface area contributed by atoms with Gasteiger partial charge in [0.15, 0.2) is 11.5 Å². The molecule has 0 radical (unpaired) electrons. The van der Waals surface area contributed by atoms with Gasteiger partial charge in [0.1, 0.15) is 5.75 Å². The fraction of sp³-hybridized carbons (Fsp3) is 0.143. The zero-order valence-electron chi connectivity index (χ0n) is 16.0. The van der Waals surface area contributed by atoms with Gasteiger partial charge in [0, 0.05) is 37.4 Å². The lowest BCUT2D eigenvalue weighted by Gasteiger charge is -2.22. The SMILES string of the molecule is COc1ccc(N(Cc2cccnc2)C(=O)c2cc(-c3cnn(C)c3)on2)cc1. The molecule has 1 amide bonds. The minimum atomic E-state index is -0.280. The van der Waals surface area contributed by atoms with Crippen molar-refractivity contribution in [1.82, 2.24) is 19.9 Å². The summed E-state index contributed by atoms with van der Waals surface area (Å²) in [7, 11) is 3.41. The quantitative estimate of drug-likeness (QED) is 0.503. The highest BCUT2D eigenvalue weighted by molar-refractivity contribution is 6.05. The van der Waals surface area contributed by atoms with Crippen LogP contribution < -0.4 is 9.64 Å². The Balaban J connectivity index is 1.66. The van der Waals surface area contributed by atoms with Gasteiger partial charge in [-0.3, -0.25) is 14.5 Å². The molecule has 8 nitrogen and oxygen atoms in total. The lowest BCUT2D eigenvalue weighted by atomic mass is 10.2. The van der Waals surface area contributed by atoms with Gasteiger partial charge in [-0.25, -0.2) is 0 Å². The van der Waals surface area contributed by atoms with Crippen LogP contribution in [0.1, 0.15) is 16.1 Å². The first-order chi connectivity index (χ1) is 14.1. The van der Waals surface area contributed by atoms with Crippen molar-refractivity contribution < 1.29 is 14.1 Å². The normalized spacial score (nSPS) is 10.7. The summed E-state index contributed by atoms with van der Waals surface area (Å²) < 4.78 is 12.3. The topological polar surface area (TPSA) is 86.3 Å². The van der Waals surface area contributed by atoms with Crippen LogP contribution in [0.15, 0.2) is 71.8 Å². The van der Waals surface area contributed by atoms with Crippen LogP contribution in [0.3, 0.4) is 0 Å². The molecule has 3 heterocycles. The Hall–Kier alpha value is -3.94. The summed E-state index contributed by atoms with van der Waals surface area (Å²) in [5.41, 5.74) is 2.57. The van der Waals surface area contributed by atoms with E-state index in [1.807, 2.05) is 43.4 Å². The van der Waals surface area contributed by atoms with Crippen LogP contribution in [-0.4, -0.2) is 32.9 Å². The number of ether oxygens (including phenoxy) is 1. The van der Waals surface area contributed by atoms with E-state index in [1.54, 1.807) is 47.5 Å². The average Bonchev–Trinajstić information content (AvgIpc) is 3.42. The number of pyridine rings is 1. The number of benzene rings is 1. The van der Waals surface area contributed by atoms with Gasteiger partial charge in [0.2, 0.25) is 0 Å². The Morgan fingerprint density at radius 1 is 1.21 bits per heavy atom. The molecule has 0 spiro atoms. The van der Waals surface area contributed by atoms with Gasteiger partial charge in [0.05, 0.1) is 25.4 Å². The monoisotopic (exact) mass is 389 g/mol. The molecule has 0 aliphatic rings. The number of nitrogens with zero attached hydrogens (tertiary/aromatic N) is 5. The summed E-state index contributed by atoms with van der Waals surface area (Å²) >= 11 is 0. The summed E-state index contributed by atoms with van der Waals surface area (Å²) in [5.74, 6) is 0.915. The molecule has 0 aliphatic carbocycles. The largest absolute Gasteiger partial charge is 0.497 e. The maximum atomic E-state index is 13.3. The molecule has 146 valence electrons. The van der Waals surface area contributed by atoms with Crippen LogP contribution in [-0.2, 0) is 13.6 Å². The molecule has 0 N–H and O–H groups in total. The first-order valence-corrected chi connectivity index (χ1v) is 8.94. The van der Waals surface area contributed by atoms with Gasteiger partial charge in [0.25, 0.3) is 5.91 Å². The summed E-state index contributed by atoms with van der Waals surface area (Å²) in [4.78, 5) is 19.0. The van der Waals surface area contributed by atoms with Crippen molar-refractivity contribution in [2.45, 2.75) is 6.54 Å². The lowest BCUT2D eigenvalue weighted by molar-refractivity contribution is 0.0976. The molecule has 0 saturated carbocycles. The molecule has 0 bridgehead atoms. The van der Waals surface area contributed by atoms with Crippen LogP contribution in [0.25, 0.3) is 11.3 Å². The smallest absolute Gasteiger partial charge is 0.280 e. The highest BCUT2D eigenvalue weighted by Gasteiger charge is 2.23. The Morgan fingerprint density at radius 2 is 2.03 bits per heavy atom. The molecule has 8 heteroatoms. The molecule has 0 unspecified atom stereocenters. The molecular formula is C21H19N5O3. The Bertz CT molecular complexity index is 1100. The third-order valence-corrected chi connectivity index (χ3v) is 4.41. The molecular weight excluding hydrogens is 370 g/mol. The number of amides is 1. The van der Waals surface area contributed by atoms with Gasteiger partial charge >= 0.3 is 0 Å². The number of hydrogen-bond donors (Lipinski definition) is 0. The second-order valence-electron chi connectivity index (χ2n) is 6.43. The number of carbonyl (C=O) groups is 1. The number of anilines is 1. The van der Waals surface area contributed by atoms with E-state index in [1.165, 1.54) is 0 Å². The predicted octanol–water partition coefficient (Wildman–Crippen LogP) is 3.33. The van der Waals surface area contributed by atoms with Crippen LogP contribution in [0.5, 0.6) is 5.75 Å². The molecule has 4 aromatic rings. The van der Waals surface area contributed by atoms with E-state index in [0.717, 1.165) is 11.1 Å². The fourth-order valence-electron chi connectivity index (χ4n) is 2.92. The number of hydrogen-bond acceptors (Lipinski definition) is 6. The summed E-state index contributed by atoms with van der Waals surface area (Å²) in [6.45, 7) is 0.341. The standard InChI is InChI=1S/C21H19N5O3/c1-25-14-16(12-23-25)20-10-19(24-29-20)21(27)26(13-15-4-3-9-22-11-15)17-5-7-18(28-2)8-6-17/h3-12,14H,13H2,1-2H3. The number of aromatic nitrogens is 4. The van der Waals surface area contributed by atoms with Gasteiger partial charge in [-0.15, -0.1) is 0 Å². The molecule has 0 atom stereocenters. The zero-order chi connectivity index (χ0) is 20.2. The minimum absolute atomic E-state index is 0.212. The number of rotatable bonds is 6. The van der Waals surface area contributed by atoms with Gasteiger partial charge in [-0.1, -0.05) is 11.2 Å². The van der Waals surface area contributed by atoms with Crippen molar-refractivity contribution in [3.05, 3.63) is 78.5 Å². The van der Waals surface area contributed by atoms with E-state index in [2.05, 4.69) is 15.2 Å². The van der Waals surface area contributed by atoms with E-state index < -0.39 is 0 Å². The number of aryl methyl sites for hydroxylation is 1. The maximum absolute atomic E-state index is 13.3. The first-order valence-electron chi connectivity index (χ1n) is 8.94. The van der Waals surface area contributed by atoms with Crippen molar-refractivity contribution >= 4 is 11.6 Å². The predicted molar refractivity (Wildman–Crippen MR) is 106 cm³/mol. The van der Waals surface area contributed by atoms with E-state index in [0.29, 0.717) is 23.7 Å². The Morgan fingerprint density at radius 3 is 2.69 bits per heavy atom. The van der Waals surface area contributed by atoms with Crippen molar-refractivity contribution in [3.63, 3.8) is 0 Å². The van der Waals surface area contributed by atoms with E-state index in [9.17, 15) is 4.79 Å². The first kappa shape index (κ1) is 18.4. The van der Waals surface area contributed by atoms with E-state index in [-0.39, 0.29) is 11.6 Å². The minimum Gasteiger partial charge on any atom is -0.497 e. The van der Waals surface area contributed by atoms with E-state index >= 15 is 0 Å². The maximum Gasteiger partial charge on any atom is 0.280 e. The average molecular weight is 389 g/mol. The fourth-order valence-corrected chi connectivity index (χ4v) is 2.92. The van der Waals surface area contributed by atoms with Crippen LogP contribution in [0, 0.1) is 0 Å². The highest BCUT2D eigenvalue weighted by atomic mass is 16.5. The lowest BCUT2D eigenvalue weighted by Crippen LogP contribution is -2.30.